The lowest BCUT2D eigenvalue weighted by atomic mass is 9.77. The summed E-state index contributed by atoms with van der Waals surface area (Å²) < 4.78 is 37.0. The zero-order chi connectivity index (χ0) is 31.9. The molecule has 0 spiro atoms. The molecule has 3 aliphatic heterocycles. The number of benzene rings is 1. The van der Waals surface area contributed by atoms with Crippen molar-refractivity contribution in [3.8, 4) is 0 Å². The molecule has 0 saturated carbocycles. The van der Waals surface area contributed by atoms with Gasteiger partial charge in [-0.3, -0.25) is 19.8 Å². The second-order valence-corrected chi connectivity index (χ2v) is 17.5. The third kappa shape index (κ3) is 6.58. The molecule has 2 saturated heterocycles. The van der Waals surface area contributed by atoms with Crippen LogP contribution in [-0.4, -0.2) is 87.1 Å². The van der Waals surface area contributed by atoms with Crippen molar-refractivity contribution in [1.82, 2.24) is 14.5 Å². The molecule has 14 nitrogen and oxygen atoms in total. The quantitative estimate of drug-likeness (QED) is 0.0806. The molecule has 0 aliphatic carbocycles. The maximum absolute atomic E-state index is 13.6. The molecule has 1 unspecified atom stereocenters. The Labute approximate surface area is 252 Å². The van der Waals surface area contributed by atoms with E-state index in [9.17, 15) is 32.9 Å². The Morgan fingerprint density at radius 2 is 1.72 bits per heavy atom. The number of β-lactam (4-membered cyclic amide) rings is 1. The number of rotatable bonds is 13. The average molecular weight is 638 g/mol. The van der Waals surface area contributed by atoms with Gasteiger partial charge < -0.3 is 14.1 Å². The fourth-order valence-corrected chi connectivity index (χ4v) is 10.0. The van der Waals surface area contributed by atoms with Crippen LogP contribution in [0.4, 0.5) is 5.69 Å². The Morgan fingerprint density at radius 3 is 2.23 bits per heavy atom. The predicted molar refractivity (Wildman–Crippen MR) is 158 cm³/mol. The van der Waals surface area contributed by atoms with Gasteiger partial charge in [-0.05, 0) is 42.8 Å². The predicted octanol–water partition coefficient (Wildman–Crippen LogP) is 1.90. The number of ether oxygens (including phenoxy) is 1. The van der Waals surface area contributed by atoms with Gasteiger partial charge in [0, 0.05) is 43.7 Å². The Bertz CT molecular complexity index is 1420. The molecule has 1 aromatic carbocycles. The molecule has 1 aromatic rings. The SMILES string of the molecule is CC[Si](CC)(CC)OC(C)[C@H]1C(=O)N2C(C(=O)OC(=O)c3ccc([N+](=O)[O-])cc3)=C(CN3CC(NS(N)(=O)=O)C3)[C@H](C)[C@H]12. The average Bonchev–Trinajstić information content (AvgIpc) is 3.17. The zero-order valence-corrected chi connectivity index (χ0v) is 26.8. The van der Waals surface area contributed by atoms with E-state index in [0.29, 0.717) is 18.7 Å². The van der Waals surface area contributed by atoms with Gasteiger partial charge in [0.25, 0.3) is 15.9 Å². The first kappa shape index (κ1) is 32.9. The Hall–Kier alpha value is -3.02. The minimum Gasteiger partial charge on any atom is -0.413 e. The van der Waals surface area contributed by atoms with E-state index in [4.69, 9.17) is 14.3 Å². The number of carbonyl (C=O) groups is 3. The number of nitrogens with one attached hydrogen (secondary N) is 1. The largest absolute Gasteiger partial charge is 0.413 e. The molecule has 3 N–H and O–H groups in total. The Balaban J connectivity index is 1.57. The van der Waals surface area contributed by atoms with Crippen molar-refractivity contribution >= 4 is 42.1 Å². The van der Waals surface area contributed by atoms with Crippen molar-refractivity contribution in [1.29, 1.82) is 0 Å². The summed E-state index contributed by atoms with van der Waals surface area (Å²) in [4.78, 5) is 53.7. The van der Waals surface area contributed by atoms with Crippen molar-refractivity contribution < 1.29 is 36.9 Å². The summed E-state index contributed by atoms with van der Waals surface area (Å²) in [6, 6.07) is 6.65. The summed E-state index contributed by atoms with van der Waals surface area (Å²) in [5.74, 6) is -3.03. The van der Waals surface area contributed by atoms with E-state index in [1.165, 1.54) is 17.0 Å². The van der Waals surface area contributed by atoms with Crippen LogP contribution >= 0.6 is 0 Å². The second-order valence-electron chi connectivity index (χ2n) is 11.5. The van der Waals surface area contributed by atoms with Crippen molar-refractivity contribution in [3.63, 3.8) is 0 Å². The van der Waals surface area contributed by atoms with E-state index >= 15 is 0 Å². The molecular formula is C27H39N5O9SSi. The molecule has 3 heterocycles. The smallest absolute Gasteiger partial charge is 0.362 e. The molecule has 0 radical (unpaired) electrons. The summed E-state index contributed by atoms with van der Waals surface area (Å²) in [6.07, 6.45) is -0.367. The number of carbonyl (C=O) groups excluding carboxylic acids is 3. The zero-order valence-electron chi connectivity index (χ0n) is 24.9. The van der Waals surface area contributed by atoms with Crippen LogP contribution in [0.3, 0.4) is 0 Å². The number of nitro groups is 1. The summed E-state index contributed by atoms with van der Waals surface area (Å²) in [6.45, 7) is 11.1. The Morgan fingerprint density at radius 1 is 1.14 bits per heavy atom. The molecule has 4 rings (SSSR count). The molecular weight excluding hydrogens is 598 g/mol. The highest BCUT2D eigenvalue weighted by Crippen LogP contribution is 2.49. The van der Waals surface area contributed by atoms with Gasteiger partial charge in [-0.2, -0.15) is 13.1 Å². The first-order valence-electron chi connectivity index (χ1n) is 14.4. The van der Waals surface area contributed by atoms with Gasteiger partial charge in [-0.15, -0.1) is 0 Å². The van der Waals surface area contributed by atoms with E-state index in [1.54, 1.807) is 0 Å². The van der Waals surface area contributed by atoms with Crippen molar-refractivity contribution in [3.05, 3.63) is 51.2 Å². The minimum absolute atomic E-state index is 0.00551. The van der Waals surface area contributed by atoms with Crippen LogP contribution < -0.4 is 9.86 Å². The van der Waals surface area contributed by atoms with Gasteiger partial charge in [0.05, 0.1) is 28.6 Å². The van der Waals surface area contributed by atoms with Crippen LogP contribution in [0.15, 0.2) is 35.5 Å². The minimum atomic E-state index is -3.87. The second kappa shape index (κ2) is 12.5. The number of nitrogens with zero attached hydrogens (tertiary/aromatic N) is 3. The maximum Gasteiger partial charge on any atom is 0.362 e. The topological polar surface area (TPSA) is 191 Å². The van der Waals surface area contributed by atoms with Crippen LogP contribution in [0, 0.1) is 22.0 Å². The summed E-state index contributed by atoms with van der Waals surface area (Å²) in [5.41, 5.74) is 0.320. The van der Waals surface area contributed by atoms with Gasteiger partial charge in [-0.25, -0.2) is 14.7 Å². The first-order valence-corrected chi connectivity index (χ1v) is 18.5. The monoisotopic (exact) mass is 637 g/mol. The number of hydrogen-bond acceptors (Lipinski definition) is 10. The fourth-order valence-electron chi connectivity index (χ4n) is 6.45. The van der Waals surface area contributed by atoms with Crippen molar-refractivity contribution in [2.45, 2.75) is 70.9 Å². The molecule has 1 amide bonds. The maximum atomic E-state index is 13.6. The number of nitro benzene ring substituents is 1. The van der Waals surface area contributed by atoms with Crippen LogP contribution in [-0.2, 0) is 29.0 Å². The molecule has 4 atom stereocenters. The number of nitrogens with two attached hydrogens (primary N) is 1. The lowest BCUT2D eigenvalue weighted by molar-refractivity contribution is -0.384. The number of amides is 1. The lowest BCUT2D eigenvalue weighted by Gasteiger charge is -2.49. The van der Waals surface area contributed by atoms with E-state index in [1.807, 2.05) is 18.7 Å². The van der Waals surface area contributed by atoms with Gasteiger partial charge in [0.2, 0.25) is 5.91 Å². The van der Waals surface area contributed by atoms with E-state index in [2.05, 4.69) is 25.5 Å². The van der Waals surface area contributed by atoms with Crippen LogP contribution in [0.2, 0.25) is 18.1 Å². The van der Waals surface area contributed by atoms with Crippen molar-refractivity contribution in [2.24, 2.45) is 17.0 Å². The van der Waals surface area contributed by atoms with Crippen LogP contribution in [0.25, 0.3) is 0 Å². The first-order chi connectivity index (χ1) is 20.1. The highest BCUT2D eigenvalue weighted by Gasteiger charge is 2.61. The van der Waals surface area contributed by atoms with E-state index in [-0.39, 0.29) is 53.5 Å². The van der Waals surface area contributed by atoms with Gasteiger partial charge in [-0.1, -0.05) is 27.7 Å². The van der Waals surface area contributed by atoms with Crippen molar-refractivity contribution in [2.75, 3.05) is 19.6 Å². The molecule has 2 fully saturated rings. The summed E-state index contributed by atoms with van der Waals surface area (Å²) >= 11 is 0. The third-order valence-corrected chi connectivity index (χ3v) is 14.4. The van der Waals surface area contributed by atoms with E-state index in [0.717, 1.165) is 30.3 Å². The molecule has 0 bridgehead atoms. The van der Waals surface area contributed by atoms with Gasteiger partial charge in [0.1, 0.15) is 5.70 Å². The lowest BCUT2D eigenvalue weighted by Crippen LogP contribution is -2.65. The normalized spacial score (nSPS) is 23.4. The van der Waals surface area contributed by atoms with E-state index < -0.39 is 41.3 Å². The third-order valence-electron chi connectivity index (χ3n) is 9.04. The number of esters is 2. The summed E-state index contributed by atoms with van der Waals surface area (Å²) in [7, 11) is -5.91. The van der Waals surface area contributed by atoms with Crippen LogP contribution in [0.5, 0.6) is 0 Å². The molecule has 16 heteroatoms. The summed E-state index contributed by atoms with van der Waals surface area (Å²) in [5, 5.41) is 16.0. The van der Waals surface area contributed by atoms with Crippen LogP contribution in [0.1, 0.15) is 45.0 Å². The Kier molecular flexibility index (Phi) is 9.58. The molecule has 3 aliphatic rings. The molecule has 43 heavy (non-hydrogen) atoms. The van der Waals surface area contributed by atoms with Gasteiger partial charge >= 0.3 is 11.9 Å². The number of non-ortho nitro benzene ring substituents is 1. The number of likely N-dealkylation sites (tertiary alicyclic amines) is 1. The number of fused-ring (bicyclic) bond motifs is 1. The standard InChI is InChI=1S/C27H39N5O9SSi/c1-6-43(7-2,8-3)41-17(5)22-23-16(4)21(15-30-13-19(14-30)29-42(28,38)39)24(31(23)25(22)33)27(35)40-26(34)18-9-11-20(12-10-18)32(36)37/h9-12,16-17,19,22-23,29H,6-8,13-15H2,1-5H3,(H2,28,38,39)/t16-,17?,22+,23+/m0/s1. The highest BCUT2D eigenvalue weighted by atomic mass is 32.2. The molecule has 0 aromatic heterocycles. The number of hydrogen-bond donors (Lipinski definition) is 2. The highest BCUT2D eigenvalue weighted by molar-refractivity contribution is 7.87. The molecule has 236 valence electrons. The van der Waals surface area contributed by atoms with Gasteiger partial charge in [0.15, 0.2) is 8.32 Å². The fraction of sp³-hybridized carbons (Fsp3) is 0.593.